The van der Waals surface area contributed by atoms with Gasteiger partial charge < -0.3 is 9.88 Å². The second-order valence-corrected chi connectivity index (χ2v) is 5.30. The zero-order valence-corrected chi connectivity index (χ0v) is 12.0. The number of nitrogens with zero attached hydrogens (tertiary/aromatic N) is 2. The van der Waals surface area contributed by atoms with E-state index in [9.17, 15) is 9.59 Å². The number of hydrogen-bond donors (Lipinski definition) is 1. The monoisotopic (exact) mass is 277 g/mol. The molecular formula is C15H23N3O2. The van der Waals surface area contributed by atoms with Crippen molar-refractivity contribution in [1.29, 1.82) is 0 Å². The van der Waals surface area contributed by atoms with E-state index in [0.29, 0.717) is 13.1 Å². The number of carbonyl (C=O) groups excluding carboxylic acids is 1. The van der Waals surface area contributed by atoms with Gasteiger partial charge in [0.25, 0.3) is 0 Å². The molecule has 1 saturated heterocycles. The maximum absolute atomic E-state index is 12.0. The molecule has 0 radical (unpaired) electrons. The molecule has 1 fully saturated rings. The van der Waals surface area contributed by atoms with Crippen LogP contribution in [0.25, 0.3) is 0 Å². The fraction of sp³-hybridized carbons (Fsp3) is 0.600. The third kappa shape index (κ3) is 3.93. The summed E-state index contributed by atoms with van der Waals surface area (Å²) in [6, 6.07) is 5.08. The van der Waals surface area contributed by atoms with E-state index in [0.717, 1.165) is 19.5 Å². The summed E-state index contributed by atoms with van der Waals surface area (Å²) in [4.78, 5) is 25.7. The predicted molar refractivity (Wildman–Crippen MR) is 78.6 cm³/mol. The molecule has 0 aromatic carbocycles. The number of nitrogens with one attached hydrogen (secondary N) is 1. The van der Waals surface area contributed by atoms with E-state index < -0.39 is 0 Å². The highest BCUT2D eigenvalue weighted by molar-refractivity contribution is 5.81. The number of likely N-dealkylation sites (tertiary alicyclic amines) is 1. The molecule has 0 spiro atoms. The van der Waals surface area contributed by atoms with Crippen LogP contribution in [0.15, 0.2) is 29.2 Å². The minimum Gasteiger partial charge on any atom is -0.355 e. The van der Waals surface area contributed by atoms with Gasteiger partial charge >= 0.3 is 0 Å². The molecule has 1 aliphatic rings. The summed E-state index contributed by atoms with van der Waals surface area (Å²) in [5.74, 6) is 0.0901. The molecule has 20 heavy (non-hydrogen) atoms. The van der Waals surface area contributed by atoms with E-state index in [2.05, 4.69) is 10.2 Å². The molecule has 1 aliphatic heterocycles. The lowest BCUT2D eigenvalue weighted by Gasteiger charge is -2.22. The van der Waals surface area contributed by atoms with Crippen molar-refractivity contribution in [3.05, 3.63) is 34.7 Å². The summed E-state index contributed by atoms with van der Waals surface area (Å²) >= 11 is 0. The molecule has 1 amide bonds. The van der Waals surface area contributed by atoms with Crippen LogP contribution in [-0.2, 0) is 11.3 Å². The van der Waals surface area contributed by atoms with Gasteiger partial charge in [0.2, 0.25) is 11.5 Å². The number of rotatable bonds is 6. The molecule has 2 heterocycles. The lowest BCUT2D eigenvalue weighted by atomic mass is 10.2. The summed E-state index contributed by atoms with van der Waals surface area (Å²) in [7, 11) is 0. The number of aryl methyl sites for hydroxylation is 1. The Morgan fingerprint density at radius 1 is 1.35 bits per heavy atom. The van der Waals surface area contributed by atoms with Crippen molar-refractivity contribution in [2.45, 2.75) is 38.8 Å². The van der Waals surface area contributed by atoms with E-state index >= 15 is 0 Å². The van der Waals surface area contributed by atoms with Crippen molar-refractivity contribution in [2.75, 3.05) is 19.6 Å². The van der Waals surface area contributed by atoms with Crippen LogP contribution in [0.5, 0.6) is 0 Å². The number of aromatic nitrogens is 1. The third-order valence-corrected chi connectivity index (χ3v) is 3.84. The Labute approximate surface area is 119 Å². The molecule has 5 heteroatoms. The third-order valence-electron chi connectivity index (χ3n) is 3.84. The van der Waals surface area contributed by atoms with E-state index in [4.69, 9.17) is 0 Å². The number of pyridine rings is 1. The topological polar surface area (TPSA) is 54.3 Å². The summed E-state index contributed by atoms with van der Waals surface area (Å²) < 4.78 is 1.66. The van der Waals surface area contributed by atoms with Crippen molar-refractivity contribution < 1.29 is 4.79 Å². The highest BCUT2D eigenvalue weighted by Crippen LogP contribution is 2.11. The van der Waals surface area contributed by atoms with Gasteiger partial charge in [0, 0.05) is 25.4 Å². The Bertz CT molecular complexity index is 492. The molecule has 1 N–H and O–H groups in total. The Morgan fingerprint density at radius 2 is 2.10 bits per heavy atom. The molecule has 0 aliphatic carbocycles. The van der Waals surface area contributed by atoms with Gasteiger partial charge in [-0.2, -0.15) is 0 Å². The van der Waals surface area contributed by atoms with Crippen LogP contribution < -0.4 is 10.9 Å². The summed E-state index contributed by atoms with van der Waals surface area (Å²) in [6.45, 7) is 5.25. The van der Waals surface area contributed by atoms with Crippen LogP contribution in [0.1, 0.15) is 26.2 Å². The summed E-state index contributed by atoms with van der Waals surface area (Å²) in [6.07, 6.45) is 4.92. The first kappa shape index (κ1) is 14.8. The molecule has 110 valence electrons. The minimum atomic E-state index is -0.0445. The van der Waals surface area contributed by atoms with Crippen LogP contribution in [0.2, 0.25) is 0 Å². The lowest BCUT2D eigenvalue weighted by Crippen LogP contribution is -2.44. The Hall–Kier alpha value is -1.62. The van der Waals surface area contributed by atoms with Crippen molar-refractivity contribution in [3.63, 3.8) is 0 Å². The summed E-state index contributed by atoms with van der Waals surface area (Å²) in [5, 5.41) is 2.95. The predicted octanol–water partition coefficient (Wildman–Crippen LogP) is 0.839. The smallest absolute Gasteiger partial charge is 0.250 e. The van der Waals surface area contributed by atoms with Gasteiger partial charge in [-0.25, -0.2) is 0 Å². The Balaban J connectivity index is 1.69. The quantitative estimate of drug-likeness (QED) is 0.784. The van der Waals surface area contributed by atoms with Gasteiger partial charge in [-0.3, -0.25) is 14.5 Å². The second kappa shape index (κ2) is 7.24. The SMILES string of the molecule is C[C@H](C(=O)NCCCn1ccccc1=O)N1CCCC1. The van der Waals surface area contributed by atoms with Crippen molar-refractivity contribution in [2.24, 2.45) is 0 Å². The van der Waals surface area contributed by atoms with Gasteiger partial charge in [0.1, 0.15) is 0 Å². The summed E-state index contributed by atoms with van der Waals surface area (Å²) in [5.41, 5.74) is 0.00395. The van der Waals surface area contributed by atoms with Crippen LogP contribution in [0, 0.1) is 0 Å². The maximum atomic E-state index is 12.0. The Morgan fingerprint density at radius 3 is 2.80 bits per heavy atom. The fourth-order valence-electron chi connectivity index (χ4n) is 2.55. The number of hydrogen-bond acceptors (Lipinski definition) is 3. The molecular weight excluding hydrogens is 254 g/mol. The average Bonchev–Trinajstić information content (AvgIpc) is 2.98. The highest BCUT2D eigenvalue weighted by atomic mass is 16.2. The van der Waals surface area contributed by atoms with Gasteiger partial charge in [0.05, 0.1) is 6.04 Å². The zero-order chi connectivity index (χ0) is 14.4. The standard InChI is InChI=1S/C15H23N3O2/c1-13(17-9-4-5-10-17)15(20)16-8-6-12-18-11-3-2-7-14(18)19/h2-3,7,11,13H,4-6,8-10,12H2,1H3,(H,16,20)/t13-/m1/s1. The van der Waals surface area contributed by atoms with E-state index in [1.807, 2.05) is 13.0 Å². The Kier molecular flexibility index (Phi) is 5.35. The van der Waals surface area contributed by atoms with Gasteiger partial charge in [-0.15, -0.1) is 0 Å². The molecule has 1 aromatic rings. The first-order valence-electron chi connectivity index (χ1n) is 7.36. The molecule has 2 rings (SSSR count). The largest absolute Gasteiger partial charge is 0.355 e. The van der Waals surface area contributed by atoms with Crippen LogP contribution in [0.4, 0.5) is 0 Å². The van der Waals surface area contributed by atoms with Crippen LogP contribution in [-0.4, -0.2) is 41.1 Å². The van der Waals surface area contributed by atoms with Crippen molar-refractivity contribution in [1.82, 2.24) is 14.8 Å². The fourth-order valence-corrected chi connectivity index (χ4v) is 2.55. The van der Waals surface area contributed by atoms with Crippen LogP contribution >= 0.6 is 0 Å². The normalized spacial score (nSPS) is 17.1. The number of amides is 1. The minimum absolute atomic E-state index is 0.00395. The second-order valence-electron chi connectivity index (χ2n) is 5.30. The first-order chi connectivity index (χ1) is 9.68. The van der Waals surface area contributed by atoms with E-state index in [-0.39, 0.29) is 17.5 Å². The maximum Gasteiger partial charge on any atom is 0.250 e. The van der Waals surface area contributed by atoms with Crippen LogP contribution in [0.3, 0.4) is 0 Å². The first-order valence-corrected chi connectivity index (χ1v) is 7.36. The van der Waals surface area contributed by atoms with Crippen molar-refractivity contribution in [3.8, 4) is 0 Å². The lowest BCUT2D eigenvalue weighted by molar-refractivity contribution is -0.125. The highest BCUT2D eigenvalue weighted by Gasteiger charge is 2.23. The molecule has 0 unspecified atom stereocenters. The van der Waals surface area contributed by atoms with Gasteiger partial charge in [0.15, 0.2) is 0 Å². The molecule has 1 aromatic heterocycles. The average molecular weight is 277 g/mol. The van der Waals surface area contributed by atoms with E-state index in [1.165, 1.54) is 12.8 Å². The van der Waals surface area contributed by atoms with Gasteiger partial charge in [-0.1, -0.05) is 6.07 Å². The zero-order valence-electron chi connectivity index (χ0n) is 12.0. The van der Waals surface area contributed by atoms with E-state index in [1.54, 1.807) is 22.9 Å². The van der Waals surface area contributed by atoms with Crippen molar-refractivity contribution >= 4 is 5.91 Å². The molecule has 0 saturated carbocycles. The molecule has 1 atom stereocenters. The number of carbonyl (C=O) groups is 1. The molecule has 0 bridgehead atoms. The molecule has 5 nitrogen and oxygen atoms in total. The van der Waals surface area contributed by atoms with Gasteiger partial charge in [-0.05, 0) is 45.3 Å².